The largest absolute Gasteiger partial charge is 0.447 e. The van der Waals surface area contributed by atoms with Crippen molar-refractivity contribution in [2.24, 2.45) is 5.16 Å². The van der Waals surface area contributed by atoms with Gasteiger partial charge in [-0.25, -0.2) is 14.2 Å². The fourth-order valence-corrected chi connectivity index (χ4v) is 3.38. The van der Waals surface area contributed by atoms with Crippen molar-refractivity contribution in [1.82, 2.24) is 9.88 Å². The van der Waals surface area contributed by atoms with Crippen molar-refractivity contribution < 1.29 is 23.6 Å². The summed E-state index contributed by atoms with van der Waals surface area (Å²) in [5.41, 5.74) is 1.16. The smallest absolute Gasteiger partial charge is 0.410 e. The lowest BCUT2D eigenvalue weighted by Gasteiger charge is -2.31. The van der Waals surface area contributed by atoms with Crippen LogP contribution >= 0.6 is 0 Å². The van der Waals surface area contributed by atoms with Crippen molar-refractivity contribution in [2.45, 2.75) is 51.7 Å². The number of rotatable bonds is 5. The summed E-state index contributed by atoms with van der Waals surface area (Å²) in [7, 11) is 0. The maximum atomic E-state index is 14.1. The van der Waals surface area contributed by atoms with Gasteiger partial charge in [-0.1, -0.05) is 5.16 Å². The molecule has 0 bridgehead atoms. The van der Waals surface area contributed by atoms with Gasteiger partial charge in [-0.05, 0) is 19.9 Å². The Morgan fingerprint density at radius 2 is 1.97 bits per heavy atom. The van der Waals surface area contributed by atoms with Crippen molar-refractivity contribution in [3.63, 3.8) is 0 Å². The van der Waals surface area contributed by atoms with Gasteiger partial charge in [0.15, 0.2) is 17.9 Å². The molecule has 1 aromatic rings. The standard InChI is InChI=1S/C20H27FN4O4/c1-14(2)28-20(27)25-9-5-17(6-10-25)29-23-16-3-7-24(8-4-16)19-18(21)11-15(13-26)12-22-19/h11-14,17H,3-10H2,1-2H3. The second-order valence-corrected chi connectivity index (χ2v) is 7.56. The highest BCUT2D eigenvalue weighted by molar-refractivity contribution is 5.86. The number of hydrogen-bond donors (Lipinski definition) is 0. The zero-order valence-electron chi connectivity index (χ0n) is 16.8. The molecule has 2 saturated heterocycles. The summed E-state index contributed by atoms with van der Waals surface area (Å²) in [6.07, 6.45) is 4.30. The number of amides is 1. The highest BCUT2D eigenvalue weighted by atomic mass is 19.1. The Morgan fingerprint density at radius 3 is 2.55 bits per heavy atom. The van der Waals surface area contributed by atoms with Crippen LogP contribution in [0.3, 0.4) is 0 Å². The summed E-state index contributed by atoms with van der Waals surface area (Å²) in [6.45, 7) is 6.03. The molecule has 0 aliphatic carbocycles. The lowest BCUT2D eigenvalue weighted by atomic mass is 10.1. The van der Waals surface area contributed by atoms with E-state index in [1.165, 1.54) is 12.3 Å². The topological polar surface area (TPSA) is 84.3 Å². The third-order valence-electron chi connectivity index (χ3n) is 4.99. The Labute approximate surface area is 169 Å². The molecule has 9 heteroatoms. The number of oxime groups is 1. The Balaban J connectivity index is 1.44. The average molecular weight is 406 g/mol. The molecule has 29 heavy (non-hydrogen) atoms. The number of halogens is 1. The molecule has 0 aromatic carbocycles. The van der Waals surface area contributed by atoms with Gasteiger partial charge in [0.1, 0.15) is 6.10 Å². The zero-order chi connectivity index (χ0) is 20.8. The minimum atomic E-state index is -0.492. The molecular weight excluding hydrogens is 379 g/mol. The van der Waals surface area contributed by atoms with Gasteiger partial charge in [0.25, 0.3) is 0 Å². The predicted octanol–water partition coefficient (Wildman–Crippen LogP) is 3.02. The molecule has 1 amide bonds. The molecular formula is C20H27FN4O4. The summed E-state index contributed by atoms with van der Waals surface area (Å²) < 4.78 is 19.3. The second-order valence-electron chi connectivity index (χ2n) is 7.56. The van der Waals surface area contributed by atoms with E-state index in [1.807, 2.05) is 18.7 Å². The maximum absolute atomic E-state index is 14.1. The Bertz CT molecular complexity index is 753. The number of carbonyl (C=O) groups excluding carboxylic acids is 2. The molecule has 3 heterocycles. The molecule has 3 rings (SSSR count). The lowest BCUT2D eigenvalue weighted by molar-refractivity contribution is 0.00415. The minimum Gasteiger partial charge on any atom is -0.447 e. The van der Waals surface area contributed by atoms with Crippen molar-refractivity contribution in [3.8, 4) is 0 Å². The van der Waals surface area contributed by atoms with E-state index in [0.717, 1.165) is 5.71 Å². The number of likely N-dealkylation sites (tertiary alicyclic amines) is 1. The molecule has 1 aromatic heterocycles. The van der Waals surface area contributed by atoms with Crippen LogP contribution in [0.2, 0.25) is 0 Å². The molecule has 0 saturated carbocycles. The summed E-state index contributed by atoms with van der Waals surface area (Å²) in [5, 5.41) is 4.30. The third-order valence-corrected chi connectivity index (χ3v) is 4.99. The van der Waals surface area contributed by atoms with Crippen molar-refractivity contribution in [2.75, 3.05) is 31.1 Å². The Morgan fingerprint density at radius 1 is 1.28 bits per heavy atom. The third kappa shape index (κ3) is 5.65. The Hall–Kier alpha value is -2.71. The van der Waals surface area contributed by atoms with Crippen LogP contribution in [-0.4, -0.2) is 66.4 Å². The number of nitrogens with zero attached hydrogens (tertiary/aromatic N) is 4. The van der Waals surface area contributed by atoms with Crippen molar-refractivity contribution >= 4 is 23.9 Å². The number of aldehydes is 1. The molecule has 2 aliphatic heterocycles. The maximum Gasteiger partial charge on any atom is 0.410 e. The summed E-state index contributed by atoms with van der Waals surface area (Å²) in [5.74, 6) is -0.231. The second kappa shape index (κ2) is 9.67. The fraction of sp³-hybridized carbons (Fsp3) is 0.600. The summed E-state index contributed by atoms with van der Waals surface area (Å²) >= 11 is 0. The SMILES string of the molecule is CC(C)OC(=O)N1CCC(ON=C2CCN(c3ncc(C=O)cc3F)CC2)CC1. The molecule has 158 valence electrons. The molecule has 0 unspecified atom stereocenters. The first-order valence-corrected chi connectivity index (χ1v) is 9.99. The summed E-state index contributed by atoms with van der Waals surface area (Å²) in [6, 6.07) is 1.20. The quantitative estimate of drug-likeness (QED) is 0.552. The van der Waals surface area contributed by atoms with E-state index < -0.39 is 5.82 Å². The van der Waals surface area contributed by atoms with Gasteiger partial charge in [0.05, 0.1) is 11.8 Å². The van der Waals surface area contributed by atoms with Gasteiger partial charge in [-0.3, -0.25) is 4.79 Å². The summed E-state index contributed by atoms with van der Waals surface area (Å²) in [4.78, 5) is 35.9. The molecule has 8 nitrogen and oxygen atoms in total. The van der Waals surface area contributed by atoms with Crippen LogP contribution in [0.1, 0.15) is 49.9 Å². The highest BCUT2D eigenvalue weighted by Gasteiger charge is 2.26. The van der Waals surface area contributed by atoms with E-state index in [1.54, 1.807) is 4.90 Å². The van der Waals surface area contributed by atoms with Crippen molar-refractivity contribution in [1.29, 1.82) is 0 Å². The molecule has 0 spiro atoms. The van der Waals surface area contributed by atoms with Crippen LogP contribution in [0, 0.1) is 5.82 Å². The van der Waals surface area contributed by atoms with Gasteiger partial charge < -0.3 is 19.4 Å². The number of piperidine rings is 2. The van der Waals surface area contributed by atoms with Gasteiger partial charge in [0.2, 0.25) is 0 Å². The van der Waals surface area contributed by atoms with Crippen LogP contribution < -0.4 is 4.90 Å². The van der Waals surface area contributed by atoms with E-state index in [9.17, 15) is 14.0 Å². The first kappa shape index (κ1) is 21.0. The molecule has 2 aliphatic rings. The van der Waals surface area contributed by atoms with E-state index in [4.69, 9.17) is 9.57 Å². The first-order chi connectivity index (χ1) is 14.0. The molecule has 0 radical (unpaired) electrons. The van der Waals surface area contributed by atoms with E-state index >= 15 is 0 Å². The van der Waals surface area contributed by atoms with Crippen LogP contribution in [0.15, 0.2) is 17.4 Å². The van der Waals surface area contributed by atoms with Gasteiger partial charge in [-0.2, -0.15) is 0 Å². The zero-order valence-corrected chi connectivity index (χ0v) is 16.8. The average Bonchev–Trinajstić information content (AvgIpc) is 2.72. The molecule has 0 N–H and O–H groups in total. The molecule has 0 atom stereocenters. The number of hydrogen-bond acceptors (Lipinski definition) is 7. The van der Waals surface area contributed by atoms with Crippen molar-refractivity contribution in [3.05, 3.63) is 23.6 Å². The lowest BCUT2D eigenvalue weighted by Crippen LogP contribution is -2.41. The number of carbonyl (C=O) groups is 2. The van der Waals surface area contributed by atoms with Gasteiger partial charge >= 0.3 is 6.09 Å². The highest BCUT2D eigenvalue weighted by Crippen LogP contribution is 2.21. The van der Waals surface area contributed by atoms with E-state index in [0.29, 0.717) is 58.1 Å². The van der Waals surface area contributed by atoms with Gasteiger partial charge in [0, 0.05) is 63.6 Å². The van der Waals surface area contributed by atoms with Crippen LogP contribution in [0.5, 0.6) is 0 Å². The molecule has 2 fully saturated rings. The number of aromatic nitrogens is 1. The normalized spacial score (nSPS) is 18.0. The van der Waals surface area contributed by atoms with Crippen LogP contribution in [-0.2, 0) is 9.57 Å². The minimum absolute atomic E-state index is 0.0152. The van der Waals surface area contributed by atoms with E-state index in [2.05, 4.69) is 10.1 Å². The van der Waals surface area contributed by atoms with Crippen LogP contribution in [0.4, 0.5) is 15.0 Å². The van der Waals surface area contributed by atoms with Gasteiger partial charge in [-0.15, -0.1) is 0 Å². The monoisotopic (exact) mass is 406 g/mol. The number of anilines is 1. The Kier molecular flexibility index (Phi) is 7.00. The van der Waals surface area contributed by atoms with Crippen LogP contribution in [0.25, 0.3) is 0 Å². The number of pyridine rings is 1. The van der Waals surface area contributed by atoms with E-state index in [-0.39, 0.29) is 29.7 Å². The predicted molar refractivity (Wildman–Crippen MR) is 106 cm³/mol. The first-order valence-electron chi connectivity index (χ1n) is 9.99. The fourth-order valence-electron chi connectivity index (χ4n) is 3.38. The number of ether oxygens (including phenoxy) is 1.